The summed E-state index contributed by atoms with van der Waals surface area (Å²) in [6, 6.07) is 0. The van der Waals surface area contributed by atoms with E-state index in [1.165, 1.54) is 16.0 Å². The van der Waals surface area contributed by atoms with Gasteiger partial charge in [0.05, 0.1) is 29.4 Å². The van der Waals surface area contributed by atoms with E-state index in [0.29, 0.717) is 29.3 Å². The van der Waals surface area contributed by atoms with Crippen LogP contribution in [-0.2, 0) is 35.1 Å². The summed E-state index contributed by atoms with van der Waals surface area (Å²) in [4.78, 5) is 26.5. The Bertz CT molecular complexity index is 1060. The van der Waals surface area contributed by atoms with E-state index in [1.54, 1.807) is 0 Å². The van der Waals surface area contributed by atoms with Crippen LogP contribution in [0.25, 0.3) is 0 Å². The van der Waals surface area contributed by atoms with Crippen molar-refractivity contribution < 1.29 is 27.5 Å². The smallest absolute Gasteiger partial charge is 0.436 e. The molecule has 2 aliphatic rings. The van der Waals surface area contributed by atoms with Crippen molar-refractivity contribution in [1.29, 1.82) is 0 Å². The molecule has 4 rings (SSSR count). The van der Waals surface area contributed by atoms with E-state index in [2.05, 4.69) is 10.4 Å². The number of amides is 1. The Morgan fingerprint density at radius 1 is 1.27 bits per heavy atom. The molecule has 1 amide bonds. The molecule has 1 N–H and O–H groups in total. The van der Waals surface area contributed by atoms with Crippen molar-refractivity contribution in [1.82, 2.24) is 9.78 Å². The Balaban J connectivity index is 1.50. The molecular weight excluding hydrogens is 479 g/mol. The second kappa shape index (κ2) is 9.66. The van der Waals surface area contributed by atoms with Crippen LogP contribution >= 0.6 is 22.9 Å². The van der Waals surface area contributed by atoms with E-state index in [9.17, 15) is 22.8 Å². The number of hydrogen-bond donors (Lipinski definition) is 1. The largest absolute Gasteiger partial charge is 0.462 e. The molecule has 0 atom stereocenters. The highest BCUT2D eigenvalue weighted by Gasteiger charge is 2.42. The first-order valence-corrected chi connectivity index (χ1v) is 12.3. The number of rotatable bonds is 8. The first-order chi connectivity index (χ1) is 15.7. The molecule has 180 valence electrons. The van der Waals surface area contributed by atoms with E-state index >= 15 is 0 Å². The minimum absolute atomic E-state index is 0.0336. The van der Waals surface area contributed by atoms with E-state index in [-0.39, 0.29) is 23.9 Å². The second-order valence-corrected chi connectivity index (χ2v) is 9.88. The number of fused-ring (bicyclic) bond motifs is 1. The van der Waals surface area contributed by atoms with Gasteiger partial charge in [0.1, 0.15) is 5.00 Å². The summed E-state index contributed by atoms with van der Waals surface area (Å²) in [6.07, 6.45) is 1.04. The van der Waals surface area contributed by atoms with Crippen LogP contribution in [-0.4, -0.2) is 28.3 Å². The Labute approximate surface area is 198 Å². The lowest BCUT2D eigenvalue weighted by molar-refractivity contribution is -0.141. The number of aryl methyl sites for hydroxylation is 2. The second-order valence-electron chi connectivity index (χ2n) is 8.39. The summed E-state index contributed by atoms with van der Waals surface area (Å²) >= 11 is 7.37. The summed E-state index contributed by atoms with van der Waals surface area (Å²) in [7, 11) is 0. The molecule has 2 aliphatic carbocycles. The molecule has 0 bridgehead atoms. The Morgan fingerprint density at radius 3 is 2.67 bits per heavy atom. The molecule has 11 heteroatoms. The summed E-state index contributed by atoms with van der Waals surface area (Å²) in [5, 5.41) is 6.53. The van der Waals surface area contributed by atoms with Crippen molar-refractivity contribution in [3.05, 3.63) is 32.4 Å². The van der Waals surface area contributed by atoms with Crippen LogP contribution in [0, 0.1) is 0 Å². The Morgan fingerprint density at radius 2 is 2.00 bits per heavy atom. The predicted molar refractivity (Wildman–Crippen MR) is 119 cm³/mol. The fourth-order valence-corrected chi connectivity index (χ4v) is 5.78. The zero-order valence-corrected chi connectivity index (χ0v) is 19.8. The van der Waals surface area contributed by atoms with Crippen LogP contribution in [0.15, 0.2) is 0 Å². The molecule has 0 radical (unpaired) electrons. The topological polar surface area (TPSA) is 73.2 Å². The van der Waals surface area contributed by atoms with Crippen molar-refractivity contribution in [2.24, 2.45) is 0 Å². The highest BCUT2D eigenvalue weighted by molar-refractivity contribution is 7.17. The molecule has 0 aliphatic heterocycles. The maximum atomic E-state index is 13.3. The van der Waals surface area contributed by atoms with Gasteiger partial charge in [0.25, 0.3) is 0 Å². The zero-order chi connectivity index (χ0) is 23.8. The maximum Gasteiger partial charge on any atom is 0.436 e. The predicted octanol–water partition coefficient (Wildman–Crippen LogP) is 5.97. The molecular formula is C22H25ClF3N3O3S. The highest BCUT2D eigenvalue weighted by Crippen LogP contribution is 2.47. The molecule has 1 fully saturated rings. The summed E-state index contributed by atoms with van der Waals surface area (Å²) < 4.78 is 46.3. The van der Waals surface area contributed by atoms with Crippen molar-refractivity contribution in [3.63, 3.8) is 0 Å². The van der Waals surface area contributed by atoms with Crippen LogP contribution in [0.2, 0.25) is 5.02 Å². The Hall–Kier alpha value is -2.07. The van der Waals surface area contributed by atoms with Gasteiger partial charge in [-0.05, 0) is 50.5 Å². The minimum Gasteiger partial charge on any atom is -0.462 e. The van der Waals surface area contributed by atoms with Crippen molar-refractivity contribution in [2.45, 2.75) is 76.9 Å². The van der Waals surface area contributed by atoms with Gasteiger partial charge in [-0.2, -0.15) is 18.3 Å². The number of ether oxygens (including phenoxy) is 1. The van der Waals surface area contributed by atoms with Crippen LogP contribution in [0.1, 0.15) is 83.6 Å². The third-order valence-electron chi connectivity index (χ3n) is 5.78. The fraction of sp³-hybridized carbons (Fsp3) is 0.591. The Kier molecular flexibility index (Phi) is 7.04. The number of thiophene rings is 1. The summed E-state index contributed by atoms with van der Waals surface area (Å²) in [6.45, 7) is 2.16. The molecule has 0 aromatic carbocycles. The third kappa shape index (κ3) is 5.21. The van der Waals surface area contributed by atoms with Gasteiger partial charge < -0.3 is 10.1 Å². The van der Waals surface area contributed by atoms with Crippen molar-refractivity contribution in [2.75, 3.05) is 11.9 Å². The molecule has 2 aromatic rings. The van der Waals surface area contributed by atoms with Crippen LogP contribution in [0.3, 0.4) is 0 Å². The van der Waals surface area contributed by atoms with Gasteiger partial charge in [-0.1, -0.05) is 18.5 Å². The van der Waals surface area contributed by atoms with Gasteiger partial charge in [0.15, 0.2) is 5.69 Å². The molecule has 6 nitrogen and oxygen atoms in total. The molecule has 2 aromatic heterocycles. The number of nitrogens with one attached hydrogen (secondary N) is 1. The first-order valence-electron chi connectivity index (χ1n) is 11.2. The van der Waals surface area contributed by atoms with Crippen LogP contribution < -0.4 is 5.32 Å². The molecule has 0 spiro atoms. The number of esters is 1. The molecule has 0 saturated heterocycles. The van der Waals surface area contributed by atoms with Crippen LogP contribution in [0.5, 0.6) is 0 Å². The summed E-state index contributed by atoms with van der Waals surface area (Å²) in [5.41, 5.74) is 0.578. The van der Waals surface area contributed by atoms with E-state index in [4.69, 9.17) is 16.3 Å². The quantitative estimate of drug-likeness (QED) is 0.450. The van der Waals surface area contributed by atoms with Gasteiger partial charge in [-0.3, -0.25) is 9.48 Å². The molecule has 2 heterocycles. The van der Waals surface area contributed by atoms with Crippen molar-refractivity contribution >= 4 is 39.8 Å². The number of halogens is 4. The number of hydrogen-bond acceptors (Lipinski definition) is 5. The first kappa shape index (κ1) is 24.1. The van der Waals surface area contributed by atoms with Gasteiger partial charge in [0.2, 0.25) is 5.91 Å². The minimum atomic E-state index is -4.65. The SMILES string of the molecule is CCCOC(=O)c1c(NC(=O)CCn2nc(C(F)(F)F)c(Cl)c2C2CC2)sc2c1CCCC2. The lowest BCUT2D eigenvalue weighted by Crippen LogP contribution is -2.18. The van der Waals surface area contributed by atoms with E-state index < -0.39 is 23.7 Å². The number of carbonyl (C=O) groups excluding carboxylic acids is 2. The lowest BCUT2D eigenvalue weighted by Gasteiger charge is -2.12. The molecule has 0 unspecified atom stereocenters. The van der Waals surface area contributed by atoms with Gasteiger partial charge in [-0.25, -0.2) is 4.79 Å². The molecule has 1 saturated carbocycles. The molecule has 33 heavy (non-hydrogen) atoms. The average Bonchev–Trinajstić information content (AvgIpc) is 3.44. The lowest BCUT2D eigenvalue weighted by atomic mass is 9.95. The number of alkyl halides is 3. The number of nitrogens with zero attached hydrogens (tertiary/aromatic N) is 2. The van der Waals surface area contributed by atoms with Crippen molar-refractivity contribution in [3.8, 4) is 0 Å². The van der Waals surface area contributed by atoms with E-state index in [0.717, 1.165) is 49.0 Å². The van der Waals surface area contributed by atoms with E-state index in [1.807, 2.05) is 6.92 Å². The number of carbonyl (C=O) groups is 2. The van der Waals surface area contributed by atoms with Gasteiger partial charge in [-0.15, -0.1) is 11.3 Å². The van der Waals surface area contributed by atoms with Gasteiger partial charge >= 0.3 is 12.1 Å². The fourth-order valence-electron chi connectivity index (χ4n) is 4.08. The van der Waals surface area contributed by atoms with Gasteiger partial charge in [0, 0.05) is 17.2 Å². The maximum absolute atomic E-state index is 13.3. The average molecular weight is 504 g/mol. The third-order valence-corrected chi connectivity index (χ3v) is 7.36. The summed E-state index contributed by atoms with van der Waals surface area (Å²) in [5.74, 6) is -0.913. The monoisotopic (exact) mass is 503 g/mol. The highest BCUT2D eigenvalue weighted by atomic mass is 35.5. The number of aromatic nitrogens is 2. The zero-order valence-electron chi connectivity index (χ0n) is 18.2. The number of anilines is 1. The standard InChI is InChI=1S/C22H25ClF3N3O3S/c1-2-11-32-21(31)16-13-5-3-4-6-14(13)33-20(16)27-15(30)9-10-29-18(12-7-8-12)17(23)19(28-29)22(24,25)26/h12H,2-11H2,1H3,(H,27,30). The normalized spacial score (nSPS) is 15.9. The van der Waals surface area contributed by atoms with Crippen LogP contribution in [0.4, 0.5) is 18.2 Å².